The van der Waals surface area contributed by atoms with Crippen molar-refractivity contribution in [3.63, 3.8) is 0 Å². The zero-order valence-electron chi connectivity index (χ0n) is 19.0. The van der Waals surface area contributed by atoms with Gasteiger partial charge in [0.2, 0.25) is 15.9 Å². The van der Waals surface area contributed by atoms with E-state index in [1.54, 1.807) is 7.05 Å². The van der Waals surface area contributed by atoms with Crippen LogP contribution in [0.15, 0.2) is 12.2 Å². The Morgan fingerprint density at radius 2 is 2.00 bits per heavy atom. The average Bonchev–Trinajstić information content (AvgIpc) is 3.63. The molecule has 0 aromatic rings. The number of fused-ring (bicyclic) bond motifs is 1. The third kappa shape index (κ3) is 6.46. The molecule has 2 aliphatic carbocycles. The third-order valence-corrected chi connectivity index (χ3v) is 7.94. The van der Waals surface area contributed by atoms with Gasteiger partial charge in [0.15, 0.2) is 0 Å². The molecule has 11 nitrogen and oxygen atoms in total. The Bertz CT molecular complexity index is 931. The minimum atomic E-state index is -3.79. The number of hydrogen-bond donors (Lipinski definition) is 3. The SMILES string of the molecule is CC(=O)OCC[C@@H]1NC(=O)N(C)CCCC/C=C\[C@@H]2C[C@@]2(C(=O)NS(=O)(=O)C2CC2)NC1=O. The first-order valence-electron chi connectivity index (χ1n) is 11.2. The lowest BCUT2D eigenvalue weighted by molar-refractivity contribution is -0.141. The molecule has 0 aromatic heterocycles. The van der Waals surface area contributed by atoms with Crippen LogP contribution in [0.3, 0.4) is 0 Å². The summed E-state index contributed by atoms with van der Waals surface area (Å²) in [6, 6.07) is -1.54. The van der Waals surface area contributed by atoms with Crippen LogP contribution in [0.5, 0.6) is 0 Å². The summed E-state index contributed by atoms with van der Waals surface area (Å²) in [7, 11) is -2.17. The summed E-state index contributed by atoms with van der Waals surface area (Å²) in [4.78, 5) is 51.3. The van der Waals surface area contributed by atoms with E-state index in [9.17, 15) is 27.6 Å². The molecule has 3 atom stereocenters. The van der Waals surface area contributed by atoms with Crippen molar-refractivity contribution in [3.8, 4) is 0 Å². The first-order chi connectivity index (χ1) is 15.5. The molecule has 3 aliphatic rings. The fourth-order valence-corrected chi connectivity index (χ4v) is 5.16. The monoisotopic (exact) mass is 484 g/mol. The van der Waals surface area contributed by atoms with Gasteiger partial charge in [-0.1, -0.05) is 12.2 Å². The third-order valence-electron chi connectivity index (χ3n) is 6.12. The normalized spacial score (nSPS) is 29.6. The van der Waals surface area contributed by atoms with Gasteiger partial charge in [-0.15, -0.1) is 0 Å². The lowest BCUT2D eigenvalue weighted by Gasteiger charge is -2.26. The topological polar surface area (TPSA) is 151 Å². The molecular weight excluding hydrogens is 452 g/mol. The molecule has 2 fully saturated rings. The van der Waals surface area contributed by atoms with E-state index < -0.39 is 50.7 Å². The van der Waals surface area contributed by atoms with Crippen LogP contribution in [0, 0.1) is 5.92 Å². The highest BCUT2D eigenvalue weighted by molar-refractivity contribution is 7.91. The van der Waals surface area contributed by atoms with E-state index in [1.807, 2.05) is 12.2 Å². The maximum atomic E-state index is 13.1. The second-order valence-corrected chi connectivity index (χ2v) is 10.9. The number of carbonyl (C=O) groups is 4. The van der Waals surface area contributed by atoms with Gasteiger partial charge in [-0.25, -0.2) is 13.2 Å². The maximum Gasteiger partial charge on any atom is 0.317 e. The fourth-order valence-electron chi connectivity index (χ4n) is 3.79. The Morgan fingerprint density at radius 1 is 1.27 bits per heavy atom. The van der Waals surface area contributed by atoms with Crippen molar-refractivity contribution in [1.29, 1.82) is 0 Å². The molecule has 4 amide bonds. The summed E-state index contributed by atoms with van der Waals surface area (Å²) in [6.07, 6.45) is 7.36. The summed E-state index contributed by atoms with van der Waals surface area (Å²) in [5.41, 5.74) is -1.41. The largest absolute Gasteiger partial charge is 0.466 e. The van der Waals surface area contributed by atoms with Gasteiger partial charge in [0, 0.05) is 32.9 Å². The maximum absolute atomic E-state index is 13.1. The minimum absolute atomic E-state index is 0.00354. The molecule has 33 heavy (non-hydrogen) atoms. The number of amides is 4. The number of rotatable bonds is 6. The lowest BCUT2D eigenvalue weighted by Crippen LogP contribution is -2.58. The van der Waals surface area contributed by atoms with Gasteiger partial charge in [-0.2, -0.15) is 0 Å². The fraction of sp³-hybridized carbons (Fsp3) is 0.714. The molecular formula is C21H32N4O7S. The standard InChI is InChI=1S/C21H32N4O7S/c1-14(26)32-12-10-17-18(27)23-21(19(28)24-33(30,31)16-8-9-16)13-15(21)7-5-3-4-6-11-25(2)20(29)22-17/h5,7,15-17H,3-4,6,8-13H2,1-2H3,(H,22,29)(H,23,27)(H,24,28)/b7-5-/t15-,17+,21-/m1/s1. The van der Waals surface area contributed by atoms with E-state index in [2.05, 4.69) is 15.4 Å². The van der Waals surface area contributed by atoms with Crippen LogP contribution in [0.4, 0.5) is 4.79 Å². The molecule has 3 N–H and O–H groups in total. The van der Waals surface area contributed by atoms with Gasteiger partial charge in [0.1, 0.15) is 11.6 Å². The Hall–Kier alpha value is -2.63. The van der Waals surface area contributed by atoms with Crippen LogP contribution in [0.1, 0.15) is 51.9 Å². The van der Waals surface area contributed by atoms with Gasteiger partial charge >= 0.3 is 12.0 Å². The van der Waals surface area contributed by atoms with E-state index in [0.29, 0.717) is 19.4 Å². The zero-order chi connectivity index (χ0) is 24.2. The van der Waals surface area contributed by atoms with Crippen LogP contribution < -0.4 is 15.4 Å². The Balaban J connectivity index is 1.81. The van der Waals surface area contributed by atoms with Crippen LogP contribution in [-0.4, -0.2) is 74.2 Å². The summed E-state index contributed by atoms with van der Waals surface area (Å²) in [5, 5.41) is 4.74. The van der Waals surface area contributed by atoms with E-state index in [4.69, 9.17) is 4.74 Å². The molecule has 0 saturated heterocycles. The second-order valence-electron chi connectivity index (χ2n) is 8.92. The number of hydrogen-bond acceptors (Lipinski definition) is 7. The number of allylic oxidation sites excluding steroid dienone is 1. The molecule has 1 heterocycles. The van der Waals surface area contributed by atoms with Gasteiger partial charge in [-0.3, -0.25) is 19.1 Å². The number of esters is 1. The first-order valence-corrected chi connectivity index (χ1v) is 12.8. The van der Waals surface area contributed by atoms with Crippen molar-refractivity contribution >= 4 is 33.8 Å². The van der Waals surface area contributed by atoms with Gasteiger partial charge < -0.3 is 20.3 Å². The molecule has 0 aromatic carbocycles. The number of urea groups is 1. The molecule has 12 heteroatoms. The molecule has 0 radical (unpaired) electrons. The van der Waals surface area contributed by atoms with Crippen molar-refractivity contribution in [2.24, 2.45) is 5.92 Å². The summed E-state index contributed by atoms with van der Waals surface area (Å²) in [6.45, 7) is 1.64. The highest BCUT2D eigenvalue weighted by atomic mass is 32.2. The number of carbonyl (C=O) groups excluding carboxylic acids is 4. The van der Waals surface area contributed by atoms with Crippen LogP contribution in [0.2, 0.25) is 0 Å². The molecule has 3 rings (SSSR count). The van der Waals surface area contributed by atoms with Crippen molar-refractivity contribution in [2.45, 2.75) is 68.7 Å². The summed E-state index contributed by atoms with van der Waals surface area (Å²) in [5.74, 6) is -2.29. The summed E-state index contributed by atoms with van der Waals surface area (Å²) >= 11 is 0. The molecule has 0 unspecified atom stereocenters. The number of ether oxygens (including phenoxy) is 1. The molecule has 184 valence electrons. The molecule has 1 aliphatic heterocycles. The highest BCUT2D eigenvalue weighted by Gasteiger charge is 2.61. The van der Waals surface area contributed by atoms with Crippen LogP contribution in [0.25, 0.3) is 0 Å². The van der Waals surface area contributed by atoms with E-state index in [1.165, 1.54) is 11.8 Å². The quantitative estimate of drug-likeness (QED) is 0.359. The van der Waals surface area contributed by atoms with Crippen molar-refractivity contribution in [1.82, 2.24) is 20.3 Å². The Morgan fingerprint density at radius 3 is 2.67 bits per heavy atom. The molecule has 0 spiro atoms. The van der Waals surface area contributed by atoms with E-state index in [0.717, 1.165) is 19.3 Å². The van der Waals surface area contributed by atoms with Crippen molar-refractivity contribution in [2.75, 3.05) is 20.2 Å². The predicted octanol–water partition coefficient (Wildman–Crippen LogP) is 0.173. The first kappa shape index (κ1) is 25.0. The Labute approximate surface area is 193 Å². The van der Waals surface area contributed by atoms with E-state index in [-0.39, 0.29) is 25.4 Å². The number of nitrogens with zero attached hydrogens (tertiary/aromatic N) is 1. The minimum Gasteiger partial charge on any atom is -0.466 e. The van der Waals surface area contributed by atoms with Gasteiger partial charge in [0.25, 0.3) is 5.91 Å². The lowest BCUT2D eigenvalue weighted by atomic mass is 10.1. The average molecular weight is 485 g/mol. The molecule has 0 bridgehead atoms. The second kappa shape index (κ2) is 10.1. The molecule has 2 saturated carbocycles. The van der Waals surface area contributed by atoms with E-state index >= 15 is 0 Å². The van der Waals surface area contributed by atoms with Crippen LogP contribution >= 0.6 is 0 Å². The van der Waals surface area contributed by atoms with Gasteiger partial charge in [-0.05, 0) is 38.5 Å². The zero-order valence-corrected chi connectivity index (χ0v) is 19.8. The highest BCUT2D eigenvalue weighted by Crippen LogP contribution is 2.45. The Kier molecular flexibility index (Phi) is 7.65. The predicted molar refractivity (Wildman–Crippen MR) is 118 cm³/mol. The van der Waals surface area contributed by atoms with Gasteiger partial charge in [0.05, 0.1) is 11.9 Å². The smallest absolute Gasteiger partial charge is 0.317 e. The number of sulfonamides is 1. The summed E-state index contributed by atoms with van der Waals surface area (Å²) < 4.78 is 31.7. The number of nitrogens with one attached hydrogen (secondary N) is 3. The van der Waals surface area contributed by atoms with Crippen molar-refractivity contribution in [3.05, 3.63) is 12.2 Å². The van der Waals surface area contributed by atoms with Crippen molar-refractivity contribution < 1.29 is 32.3 Å². The van der Waals surface area contributed by atoms with Crippen LogP contribution in [-0.2, 0) is 29.1 Å².